The molecule has 0 aliphatic carbocycles. The maximum Gasteiger partial charge on any atom is 0.407 e. The molecule has 106 valence electrons. The monoisotopic (exact) mass is 276 g/mol. The molecule has 0 aromatic rings. The average molecular weight is 276 g/mol. The summed E-state index contributed by atoms with van der Waals surface area (Å²) in [6.45, 7) is 8.02. The zero-order valence-corrected chi connectivity index (χ0v) is 10.2. The second kappa shape index (κ2) is 4.93. The van der Waals surface area contributed by atoms with Crippen LogP contribution in [0.2, 0.25) is 0 Å². The van der Waals surface area contributed by atoms with Crippen molar-refractivity contribution in [1.82, 2.24) is 0 Å². The molecule has 0 N–H and O–H groups in total. The van der Waals surface area contributed by atoms with Crippen molar-refractivity contribution in [2.45, 2.75) is 39.5 Å². The Morgan fingerprint density at radius 3 is 1.56 bits per heavy atom. The molecule has 0 aromatic carbocycles. The van der Waals surface area contributed by atoms with E-state index in [0.717, 1.165) is 0 Å². The quantitative estimate of drug-likeness (QED) is 0.555. The first-order valence-electron chi connectivity index (χ1n) is 5.01. The number of rotatable bonds is 3. The highest BCUT2D eigenvalue weighted by Crippen LogP contribution is 2.41. The van der Waals surface area contributed by atoms with E-state index in [4.69, 9.17) is 0 Å². The molecule has 0 saturated heterocycles. The van der Waals surface area contributed by atoms with Crippen LogP contribution in [0.15, 0.2) is 12.2 Å². The van der Waals surface area contributed by atoms with Gasteiger partial charge in [-0.3, -0.25) is 4.79 Å². The summed E-state index contributed by atoms with van der Waals surface area (Å²) in [6.07, 6.45) is -12.2. The van der Waals surface area contributed by atoms with Crippen molar-refractivity contribution in [2.24, 2.45) is 11.3 Å². The molecular weight excluding hydrogens is 262 g/mol. The molecule has 0 spiro atoms. The lowest BCUT2D eigenvalue weighted by Crippen LogP contribution is -2.42. The van der Waals surface area contributed by atoms with Gasteiger partial charge in [0.05, 0.1) is 0 Å². The van der Waals surface area contributed by atoms with Crippen molar-refractivity contribution in [2.75, 3.05) is 0 Å². The normalized spacial score (nSPS) is 13.9. The van der Waals surface area contributed by atoms with Crippen LogP contribution in [0.3, 0.4) is 0 Å². The summed E-state index contributed by atoms with van der Waals surface area (Å²) >= 11 is 0. The van der Waals surface area contributed by atoms with Gasteiger partial charge < -0.3 is 0 Å². The third kappa shape index (κ3) is 4.70. The lowest BCUT2D eigenvalue weighted by molar-refractivity contribution is -0.273. The van der Waals surface area contributed by atoms with Crippen LogP contribution in [0.5, 0.6) is 0 Å². The van der Waals surface area contributed by atoms with E-state index in [0.29, 0.717) is 0 Å². The Balaban J connectivity index is 5.10. The molecular formula is C11H14F6O. The molecule has 0 rings (SSSR count). The molecule has 0 aliphatic rings. The van der Waals surface area contributed by atoms with Gasteiger partial charge in [0.25, 0.3) is 0 Å². The van der Waals surface area contributed by atoms with E-state index in [1.807, 2.05) is 0 Å². The summed E-state index contributed by atoms with van der Waals surface area (Å²) in [6, 6.07) is 0. The maximum absolute atomic E-state index is 12.2. The molecule has 0 unspecified atom stereocenters. The van der Waals surface area contributed by atoms with Gasteiger partial charge in [-0.2, -0.15) is 26.3 Å². The van der Waals surface area contributed by atoms with Crippen molar-refractivity contribution < 1.29 is 31.1 Å². The van der Waals surface area contributed by atoms with Crippen LogP contribution in [0.4, 0.5) is 26.3 Å². The highest BCUT2D eigenvalue weighted by molar-refractivity contribution is 5.84. The Morgan fingerprint density at radius 2 is 1.33 bits per heavy atom. The molecule has 0 radical (unpaired) electrons. The zero-order valence-electron chi connectivity index (χ0n) is 10.2. The summed E-state index contributed by atoms with van der Waals surface area (Å²) in [5.41, 5.74) is -0.691. The Labute approximate surface area is 101 Å². The first-order chi connectivity index (χ1) is 7.67. The second-order valence-corrected chi connectivity index (χ2v) is 5.01. The molecule has 0 amide bonds. The zero-order chi connectivity index (χ0) is 14.9. The van der Waals surface area contributed by atoms with Crippen LogP contribution in [-0.4, -0.2) is 18.1 Å². The average Bonchev–Trinajstić information content (AvgIpc) is 1.94. The summed E-state index contributed by atoms with van der Waals surface area (Å²) in [7, 11) is 0. The van der Waals surface area contributed by atoms with E-state index in [1.54, 1.807) is 20.8 Å². The number of hydrogen-bond acceptors (Lipinski definition) is 1. The van der Waals surface area contributed by atoms with Gasteiger partial charge in [0.15, 0.2) is 5.78 Å². The van der Waals surface area contributed by atoms with Crippen molar-refractivity contribution in [3.63, 3.8) is 0 Å². The molecule has 0 bridgehead atoms. The van der Waals surface area contributed by atoms with E-state index < -0.39 is 35.9 Å². The van der Waals surface area contributed by atoms with Crippen LogP contribution < -0.4 is 0 Å². The van der Waals surface area contributed by atoms with Gasteiger partial charge in [0.2, 0.25) is 5.92 Å². The fraction of sp³-hybridized carbons (Fsp3) is 0.727. The fourth-order valence-corrected chi connectivity index (χ4v) is 1.13. The minimum Gasteiger partial charge on any atom is -0.298 e. The van der Waals surface area contributed by atoms with E-state index in [2.05, 4.69) is 6.58 Å². The third-order valence-electron chi connectivity index (χ3n) is 2.42. The van der Waals surface area contributed by atoms with Crippen molar-refractivity contribution in [3.05, 3.63) is 12.2 Å². The van der Waals surface area contributed by atoms with E-state index >= 15 is 0 Å². The topological polar surface area (TPSA) is 17.1 Å². The first-order valence-corrected chi connectivity index (χ1v) is 5.01. The molecule has 1 nitrogen and oxygen atoms in total. The number of hydrogen-bond donors (Lipinski definition) is 0. The van der Waals surface area contributed by atoms with Gasteiger partial charge in [-0.25, -0.2) is 0 Å². The molecule has 0 atom stereocenters. The molecule has 0 aliphatic heterocycles. The third-order valence-corrected chi connectivity index (χ3v) is 2.42. The van der Waals surface area contributed by atoms with E-state index in [1.165, 1.54) is 0 Å². The van der Waals surface area contributed by atoms with Crippen LogP contribution in [0.25, 0.3) is 0 Å². The van der Waals surface area contributed by atoms with Gasteiger partial charge in [-0.15, -0.1) is 0 Å². The number of Topliss-reactive ketones (excluding diaryl/α,β-unsaturated/α-hetero) is 1. The van der Waals surface area contributed by atoms with E-state index in [9.17, 15) is 31.1 Å². The fourth-order valence-electron chi connectivity index (χ4n) is 1.13. The summed E-state index contributed by atoms with van der Waals surface area (Å²) < 4.78 is 73.5. The predicted molar refractivity (Wildman–Crippen MR) is 53.8 cm³/mol. The van der Waals surface area contributed by atoms with Crippen LogP contribution >= 0.6 is 0 Å². The SMILES string of the molecule is C=C(CC(=O)C(C(F)(F)F)C(F)(F)F)C(C)(C)C. The largest absolute Gasteiger partial charge is 0.407 e. The van der Waals surface area contributed by atoms with Crippen LogP contribution in [-0.2, 0) is 4.79 Å². The van der Waals surface area contributed by atoms with Gasteiger partial charge in [0, 0.05) is 6.42 Å². The Hall–Kier alpha value is -1.01. The number of allylic oxidation sites excluding steroid dienone is 1. The molecule has 0 heterocycles. The molecule has 7 heteroatoms. The highest BCUT2D eigenvalue weighted by atomic mass is 19.4. The standard InChI is InChI=1S/C11H14F6O/c1-6(9(2,3)4)5-7(18)8(10(12,13)14)11(15,16)17/h8H,1,5H2,2-4H3. The van der Waals surface area contributed by atoms with Crippen molar-refractivity contribution in [3.8, 4) is 0 Å². The maximum atomic E-state index is 12.2. The number of carbonyl (C=O) groups excluding carboxylic acids is 1. The number of alkyl halides is 6. The minimum atomic E-state index is -5.63. The molecule has 0 fully saturated rings. The van der Waals surface area contributed by atoms with Crippen LogP contribution in [0.1, 0.15) is 27.2 Å². The molecule has 18 heavy (non-hydrogen) atoms. The first kappa shape index (κ1) is 17.0. The highest BCUT2D eigenvalue weighted by Gasteiger charge is 2.60. The minimum absolute atomic E-state index is 0.0333. The molecule has 0 saturated carbocycles. The van der Waals surface area contributed by atoms with Gasteiger partial charge in [-0.05, 0) is 5.41 Å². The van der Waals surface area contributed by atoms with Gasteiger partial charge in [0.1, 0.15) is 0 Å². The molecule has 0 aromatic heterocycles. The lowest BCUT2D eigenvalue weighted by atomic mass is 9.82. The van der Waals surface area contributed by atoms with Crippen molar-refractivity contribution >= 4 is 5.78 Å². The smallest absolute Gasteiger partial charge is 0.298 e. The number of ketones is 1. The van der Waals surface area contributed by atoms with Crippen molar-refractivity contribution in [1.29, 1.82) is 0 Å². The Morgan fingerprint density at radius 1 is 1.00 bits per heavy atom. The van der Waals surface area contributed by atoms with Gasteiger partial charge in [-0.1, -0.05) is 32.9 Å². The van der Waals surface area contributed by atoms with Crippen LogP contribution in [0, 0.1) is 11.3 Å². The van der Waals surface area contributed by atoms with E-state index in [-0.39, 0.29) is 5.57 Å². The summed E-state index contributed by atoms with van der Waals surface area (Å²) in [4.78, 5) is 11.2. The number of halogens is 6. The Kier molecular flexibility index (Phi) is 4.66. The van der Waals surface area contributed by atoms with Gasteiger partial charge >= 0.3 is 12.4 Å². The number of carbonyl (C=O) groups is 1. The summed E-state index contributed by atoms with van der Waals surface area (Å²) in [5.74, 6) is -5.86. The summed E-state index contributed by atoms with van der Waals surface area (Å²) in [5, 5.41) is 0. The Bertz CT molecular complexity index is 317. The lowest BCUT2D eigenvalue weighted by Gasteiger charge is -2.25. The predicted octanol–water partition coefficient (Wildman–Crippen LogP) is 4.29. The second-order valence-electron chi connectivity index (χ2n) is 5.01.